The topological polar surface area (TPSA) is 77.9 Å². The molecule has 0 spiro atoms. The Hall–Kier alpha value is -1.24. The van der Waals surface area contributed by atoms with E-state index in [0.29, 0.717) is 12.2 Å². The fourth-order valence-corrected chi connectivity index (χ4v) is 4.45. The highest BCUT2D eigenvalue weighted by atomic mass is 32.2. The zero-order valence-electron chi connectivity index (χ0n) is 10.7. The van der Waals surface area contributed by atoms with Crippen molar-refractivity contribution >= 4 is 29.5 Å². The van der Waals surface area contributed by atoms with E-state index >= 15 is 0 Å². The van der Waals surface area contributed by atoms with Gasteiger partial charge in [-0.3, -0.25) is 14.4 Å². The molecule has 2 unspecified atom stereocenters. The van der Waals surface area contributed by atoms with Gasteiger partial charge in [0.15, 0.2) is 0 Å². The predicted molar refractivity (Wildman–Crippen MR) is 68.4 cm³/mol. The SMILES string of the molecule is CC12CCC(=O)N1C(C(=O)N1CC(C(=O)O)C1)CS2. The van der Waals surface area contributed by atoms with Crippen molar-refractivity contribution in [1.82, 2.24) is 9.80 Å². The van der Waals surface area contributed by atoms with Crippen LogP contribution in [0.4, 0.5) is 0 Å². The summed E-state index contributed by atoms with van der Waals surface area (Å²) < 4.78 is 0. The van der Waals surface area contributed by atoms with Gasteiger partial charge in [0.1, 0.15) is 6.04 Å². The Morgan fingerprint density at radius 1 is 1.42 bits per heavy atom. The molecule has 3 rings (SSSR count). The summed E-state index contributed by atoms with van der Waals surface area (Å²) in [5.41, 5.74) is 0. The molecule has 3 aliphatic rings. The average molecular weight is 284 g/mol. The number of carboxylic acid groups (broad SMARTS) is 1. The van der Waals surface area contributed by atoms with E-state index in [-0.39, 0.29) is 29.8 Å². The van der Waals surface area contributed by atoms with Gasteiger partial charge in [-0.15, -0.1) is 11.8 Å². The number of amides is 2. The van der Waals surface area contributed by atoms with Crippen LogP contribution in [0.2, 0.25) is 0 Å². The van der Waals surface area contributed by atoms with E-state index in [2.05, 4.69) is 0 Å². The monoisotopic (exact) mass is 284 g/mol. The normalized spacial score (nSPS) is 34.4. The van der Waals surface area contributed by atoms with Crippen molar-refractivity contribution in [2.24, 2.45) is 5.92 Å². The first kappa shape index (κ1) is 12.8. The van der Waals surface area contributed by atoms with E-state index in [1.165, 1.54) is 0 Å². The van der Waals surface area contributed by atoms with Crippen LogP contribution in [-0.2, 0) is 14.4 Å². The van der Waals surface area contributed by atoms with Crippen LogP contribution in [0, 0.1) is 5.92 Å². The summed E-state index contributed by atoms with van der Waals surface area (Å²) in [6.45, 7) is 2.55. The Kier molecular flexibility index (Phi) is 2.78. The number of carbonyl (C=O) groups is 3. The van der Waals surface area contributed by atoms with Crippen LogP contribution in [0.25, 0.3) is 0 Å². The lowest BCUT2D eigenvalue weighted by Gasteiger charge is -2.40. The van der Waals surface area contributed by atoms with Gasteiger partial charge in [0.2, 0.25) is 11.8 Å². The third-order valence-electron chi connectivity index (χ3n) is 4.27. The summed E-state index contributed by atoms with van der Waals surface area (Å²) in [6, 6.07) is -0.403. The minimum atomic E-state index is -0.855. The molecule has 0 saturated carbocycles. The number of aliphatic carboxylic acids is 1. The van der Waals surface area contributed by atoms with E-state index in [1.807, 2.05) is 6.92 Å². The van der Waals surface area contributed by atoms with Crippen molar-refractivity contribution in [2.75, 3.05) is 18.8 Å². The van der Waals surface area contributed by atoms with E-state index in [4.69, 9.17) is 5.11 Å². The van der Waals surface area contributed by atoms with Crippen LogP contribution >= 0.6 is 11.8 Å². The van der Waals surface area contributed by atoms with Crippen molar-refractivity contribution in [2.45, 2.75) is 30.7 Å². The molecular formula is C12H16N2O4S. The second-order valence-corrected chi connectivity index (χ2v) is 7.05. The molecular weight excluding hydrogens is 268 g/mol. The highest BCUT2D eigenvalue weighted by Crippen LogP contribution is 2.47. The number of fused-ring (bicyclic) bond motifs is 1. The summed E-state index contributed by atoms with van der Waals surface area (Å²) in [6.07, 6.45) is 1.29. The van der Waals surface area contributed by atoms with Crippen molar-refractivity contribution in [1.29, 1.82) is 0 Å². The van der Waals surface area contributed by atoms with Crippen LogP contribution in [0.1, 0.15) is 19.8 Å². The highest BCUT2D eigenvalue weighted by Gasteiger charge is 2.54. The molecule has 19 heavy (non-hydrogen) atoms. The first-order valence-electron chi connectivity index (χ1n) is 6.40. The molecule has 3 fully saturated rings. The molecule has 3 aliphatic heterocycles. The van der Waals surface area contributed by atoms with Gasteiger partial charge in [-0.25, -0.2) is 0 Å². The summed E-state index contributed by atoms with van der Waals surface area (Å²) in [7, 11) is 0. The number of hydrogen-bond acceptors (Lipinski definition) is 4. The molecule has 0 bridgehead atoms. The summed E-state index contributed by atoms with van der Waals surface area (Å²) >= 11 is 1.66. The van der Waals surface area contributed by atoms with Crippen molar-refractivity contribution in [3.8, 4) is 0 Å². The first-order chi connectivity index (χ1) is 8.92. The fourth-order valence-electron chi connectivity index (χ4n) is 3.03. The van der Waals surface area contributed by atoms with Crippen molar-refractivity contribution < 1.29 is 19.5 Å². The van der Waals surface area contributed by atoms with Gasteiger partial charge in [0, 0.05) is 25.3 Å². The van der Waals surface area contributed by atoms with E-state index < -0.39 is 17.9 Å². The Morgan fingerprint density at radius 3 is 2.74 bits per heavy atom. The molecule has 2 amide bonds. The second-order valence-electron chi connectivity index (χ2n) is 5.54. The summed E-state index contributed by atoms with van der Waals surface area (Å²) in [5.74, 6) is -0.731. The van der Waals surface area contributed by atoms with E-state index in [9.17, 15) is 14.4 Å². The lowest BCUT2D eigenvalue weighted by molar-refractivity contribution is -0.156. The zero-order chi connectivity index (χ0) is 13.8. The van der Waals surface area contributed by atoms with Gasteiger partial charge in [-0.05, 0) is 13.3 Å². The number of likely N-dealkylation sites (tertiary alicyclic amines) is 1. The van der Waals surface area contributed by atoms with E-state index in [0.717, 1.165) is 6.42 Å². The Bertz CT molecular complexity index is 463. The molecule has 104 valence electrons. The van der Waals surface area contributed by atoms with Gasteiger partial charge >= 0.3 is 5.97 Å². The third-order valence-corrected chi connectivity index (χ3v) is 5.78. The summed E-state index contributed by atoms with van der Waals surface area (Å²) in [4.78, 5) is 38.1. The number of hydrogen-bond donors (Lipinski definition) is 1. The number of nitrogens with zero attached hydrogens (tertiary/aromatic N) is 2. The molecule has 3 heterocycles. The molecule has 6 nitrogen and oxygen atoms in total. The molecule has 0 aliphatic carbocycles. The molecule has 1 N–H and O–H groups in total. The van der Waals surface area contributed by atoms with Gasteiger partial charge in [0.05, 0.1) is 10.8 Å². The molecule has 0 radical (unpaired) electrons. The van der Waals surface area contributed by atoms with E-state index in [1.54, 1.807) is 21.6 Å². The summed E-state index contributed by atoms with van der Waals surface area (Å²) in [5, 5.41) is 8.82. The highest BCUT2D eigenvalue weighted by molar-refractivity contribution is 8.01. The Labute approximate surface area is 115 Å². The van der Waals surface area contributed by atoms with Crippen LogP contribution in [0.5, 0.6) is 0 Å². The second kappa shape index (κ2) is 4.13. The molecule has 0 aromatic rings. The van der Waals surface area contributed by atoms with Crippen molar-refractivity contribution in [3.05, 3.63) is 0 Å². The smallest absolute Gasteiger partial charge is 0.310 e. The average Bonchev–Trinajstić information content (AvgIpc) is 2.74. The van der Waals surface area contributed by atoms with Gasteiger partial charge in [-0.2, -0.15) is 0 Å². The van der Waals surface area contributed by atoms with Crippen LogP contribution in [0.3, 0.4) is 0 Å². The molecule has 0 aromatic carbocycles. The molecule has 7 heteroatoms. The number of carboxylic acids is 1. The largest absolute Gasteiger partial charge is 0.481 e. The maximum atomic E-state index is 12.4. The standard InChI is InChI=1S/C12H16N2O4S/c1-12-3-2-9(15)14(12)8(6-19-12)10(16)13-4-7(5-13)11(17)18/h7-8H,2-6H2,1H3,(H,17,18). The lowest BCUT2D eigenvalue weighted by atomic mass is 9.99. The zero-order valence-corrected chi connectivity index (χ0v) is 11.5. The van der Waals surface area contributed by atoms with Gasteiger partial charge < -0.3 is 14.9 Å². The Balaban J connectivity index is 1.69. The minimum absolute atomic E-state index is 0.0427. The molecule has 2 atom stereocenters. The van der Waals surface area contributed by atoms with Crippen LogP contribution in [-0.4, -0.2) is 62.4 Å². The predicted octanol–water partition coefficient (Wildman–Crippen LogP) is -0.0166. The maximum absolute atomic E-state index is 12.4. The van der Waals surface area contributed by atoms with Crippen LogP contribution in [0.15, 0.2) is 0 Å². The number of rotatable bonds is 2. The van der Waals surface area contributed by atoms with Gasteiger partial charge in [0.25, 0.3) is 0 Å². The number of thioether (sulfide) groups is 1. The fraction of sp³-hybridized carbons (Fsp3) is 0.750. The van der Waals surface area contributed by atoms with Crippen LogP contribution < -0.4 is 0 Å². The third kappa shape index (κ3) is 1.82. The van der Waals surface area contributed by atoms with Crippen molar-refractivity contribution in [3.63, 3.8) is 0 Å². The maximum Gasteiger partial charge on any atom is 0.310 e. The quantitative estimate of drug-likeness (QED) is 0.771. The van der Waals surface area contributed by atoms with Gasteiger partial charge in [-0.1, -0.05) is 0 Å². The first-order valence-corrected chi connectivity index (χ1v) is 7.39. The Morgan fingerprint density at radius 2 is 2.11 bits per heavy atom. The molecule has 3 saturated heterocycles. The minimum Gasteiger partial charge on any atom is -0.481 e. The molecule has 0 aromatic heterocycles. The lowest BCUT2D eigenvalue weighted by Crippen LogP contribution is -2.59. The number of carbonyl (C=O) groups excluding carboxylic acids is 2.